The van der Waals surface area contributed by atoms with Crippen LogP contribution in [0.2, 0.25) is 0 Å². The Labute approximate surface area is 123 Å². The van der Waals surface area contributed by atoms with Crippen molar-refractivity contribution in [1.29, 1.82) is 0 Å². The Hall–Kier alpha value is -0.900. The summed E-state index contributed by atoms with van der Waals surface area (Å²) in [7, 11) is 0. The maximum atomic E-state index is 5.77. The van der Waals surface area contributed by atoms with Crippen LogP contribution in [0.3, 0.4) is 0 Å². The fourth-order valence-electron chi connectivity index (χ4n) is 2.20. The van der Waals surface area contributed by atoms with E-state index in [4.69, 9.17) is 14.2 Å². The number of ether oxygens (including phenoxy) is 3. The highest BCUT2D eigenvalue weighted by atomic mass is 16.9. The van der Waals surface area contributed by atoms with Gasteiger partial charge in [-0.1, -0.05) is 37.6 Å². The molecule has 0 atom stereocenters. The van der Waals surface area contributed by atoms with Crippen molar-refractivity contribution in [3.8, 4) is 0 Å². The van der Waals surface area contributed by atoms with E-state index in [-0.39, 0.29) is 0 Å². The first kappa shape index (κ1) is 17.2. The first-order valence-electron chi connectivity index (χ1n) is 7.73. The van der Waals surface area contributed by atoms with Crippen molar-refractivity contribution in [2.45, 2.75) is 52.9 Å². The third-order valence-electron chi connectivity index (χ3n) is 3.13. The van der Waals surface area contributed by atoms with E-state index in [0.717, 1.165) is 12.0 Å². The summed E-state index contributed by atoms with van der Waals surface area (Å²) in [6, 6.07) is 8.37. The Kier molecular flexibility index (Phi) is 7.82. The lowest BCUT2D eigenvalue weighted by Crippen LogP contribution is -2.36. The van der Waals surface area contributed by atoms with Gasteiger partial charge in [0.05, 0.1) is 0 Å². The van der Waals surface area contributed by atoms with Gasteiger partial charge in [-0.25, -0.2) is 0 Å². The van der Waals surface area contributed by atoms with Gasteiger partial charge in [-0.05, 0) is 39.2 Å². The standard InChI is InChI=1S/C17H28O3/c1-5-9-10-15-11-13-16(14-12-15)17(18-6-2,19-7-3)20-8-4/h11-14H,5-10H2,1-4H3. The van der Waals surface area contributed by atoms with Gasteiger partial charge in [0.1, 0.15) is 0 Å². The van der Waals surface area contributed by atoms with Gasteiger partial charge in [0.25, 0.3) is 0 Å². The maximum absolute atomic E-state index is 5.77. The first-order chi connectivity index (χ1) is 9.72. The molecule has 0 unspecified atom stereocenters. The molecule has 0 heterocycles. The number of benzene rings is 1. The van der Waals surface area contributed by atoms with Crippen molar-refractivity contribution in [2.24, 2.45) is 0 Å². The highest BCUT2D eigenvalue weighted by Crippen LogP contribution is 2.29. The lowest BCUT2D eigenvalue weighted by molar-refractivity contribution is -0.389. The molecule has 0 aromatic heterocycles. The molecule has 0 amide bonds. The molecule has 1 aromatic rings. The number of rotatable bonds is 10. The number of hydrogen-bond acceptors (Lipinski definition) is 3. The van der Waals surface area contributed by atoms with Crippen molar-refractivity contribution >= 4 is 0 Å². The summed E-state index contributed by atoms with van der Waals surface area (Å²) in [5, 5.41) is 0. The fourth-order valence-corrected chi connectivity index (χ4v) is 2.20. The van der Waals surface area contributed by atoms with Crippen LogP contribution in [-0.2, 0) is 26.6 Å². The normalized spacial score (nSPS) is 11.8. The Morgan fingerprint density at radius 3 is 1.70 bits per heavy atom. The van der Waals surface area contributed by atoms with Gasteiger partial charge in [-0.2, -0.15) is 0 Å². The Bertz CT molecular complexity index is 342. The lowest BCUT2D eigenvalue weighted by Gasteiger charge is -2.32. The molecule has 20 heavy (non-hydrogen) atoms. The second-order valence-corrected chi connectivity index (χ2v) is 4.66. The van der Waals surface area contributed by atoms with Gasteiger partial charge in [0.2, 0.25) is 0 Å². The second-order valence-electron chi connectivity index (χ2n) is 4.66. The zero-order valence-corrected chi connectivity index (χ0v) is 13.3. The van der Waals surface area contributed by atoms with E-state index in [0.29, 0.717) is 19.8 Å². The Morgan fingerprint density at radius 1 is 0.800 bits per heavy atom. The minimum absolute atomic E-state index is 0.539. The molecule has 114 valence electrons. The third-order valence-corrected chi connectivity index (χ3v) is 3.13. The molecule has 3 nitrogen and oxygen atoms in total. The van der Waals surface area contributed by atoms with Crippen molar-refractivity contribution in [1.82, 2.24) is 0 Å². The van der Waals surface area contributed by atoms with Crippen LogP contribution in [-0.4, -0.2) is 19.8 Å². The molecule has 0 spiro atoms. The van der Waals surface area contributed by atoms with Gasteiger partial charge >= 0.3 is 5.97 Å². The van der Waals surface area contributed by atoms with Crippen LogP contribution >= 0.6 is 0 Å². The zero-order valence-electron chi connectivity index (χ0n) is 13.3. The molecule has 0 N–H and O–H groups in total. The zero-order chi connectivity index (χ0) is 14.8. The number of aryl methyl sites for hydroxylation is 1. The average molecular weight is 280 g/mol. The summed E-state index contributed by atoms with van der Waals surface area (Å²) in [4.78, 5) is 0. The molecular weight excluding hydrogens is 252 g/mol. The van der Waals surface area contributed by atoms with E-state index in [1.54, 1.807) is 0 Å². The van der Waals surface area contributed by atoms with E-state index >= 15 is 0 Å². The number of hydrogen-bond donors (Lipinski definition) is 0. The summed E-state index contributed by atoms with van der Waals surface area (Å²) < 4.78 is 17.3. The SMILES string of the molecule is CCCCc1ccc(C(OCC)(OCC)OCC)cc1. The Balaban J connectivity index is 2.94. The van der Waals surface area contributed by atoms with Gasteiger partial charge < -0.3 is 14.2 Å². The second kappa shape index (κ2) is 9.11. The summed E-state index contributed by atoms with van der Waals surface area (Å²) in [6.45, 7) is 9.67. The molecule has 0 radical (unpaired) electrons. The number of unbranched alkanes of at least 4 members (excludes halogenated alkanes) is 1. The van der Waals surface area contributed by atoms with Crippen LogP contribution < -0.4 is 0 Å². The van der Waals surface area contributed by atoms with E-state index in [2.05, 4.69) is 19.1 Å². The third kappa shape index (κ3) is 4.58. The first-order valence-corrected chi connectivity index (χ1v) is 7.73. The molecular formula is C17H28O3. The molecule has 0 aliphatic heterocycles. The Morgan fingerprint density at radius 2 is 1.30 bits per heavy atom. The lowest BCUT2D eigenvalue weighted by atomic mass is 10.1. The van der Waals surface area contributed by atoms with Crippen molar-refractivity contribution in [3.63, 3.8) is 0 Å². The molecule has 0 saturated carbocycles. The predicted molar refractivity (Wildman–Crippen MR) is 81.6 cm³/mol. The minimum Gasteiger partial charge on any atom is -0.324 e. The summed E-state index contributed by atoms with van der Waals surface area (Å²) >= 11 is 0. The topological polar surface area (TPSA) is 27.7 Å². The predicted octanol–water partition coefficient (Wildman–Crippen LogP) is 4.25. The monoisotopic (exact) mass is 280 g/mol. The van der Waals surface area contributed by atoms with Gasteiger partial charge in [0, 0.05) is 25.4 Å². The van der Waals surface area contributed by atoms with Crippen LogP contribution in [0.1, 0.15) is 51.7 Å². The molecule has 1 rings (SSSR count). The van der Waals surface area contributed by atoms with Crippen LogP contribution in [0.25, 0.3) is 0 Å². The van der Waals surface area contributed by atoms with Crippen LogP contribution in [0.15, 0.2) is 24.3 Å². The van der Waals surface area contributed by atoms with Crippen LogP contribution in [0.4, 0.5) is 0 Å². The van der Waals surface area contributed by atoms with Crippen molar-refractivity contribution in [3.05, 3.63) is 35.4 Å². The van der Waals surface area contributed by atoms with Gasteiger partial charge in [-0.3, -0.25) is 0 Å². The van der Waals surface area contributed by atoms with Gasteiger partial charge in [0.15, 0.2) is 0 Å². The highest BCUT2D eigenvalue weighted by Gasteiger charge is 2.34. The summed E-state index contributed by atoms with van der Waals surface area (Å²) in [5.41, 5.74) is 2.26. The largest absolute Gasteiger partial charge is 0.324 e. The van der Waals surface area contributed by atoms with Crippen molar-refractivity contribution in [2.75, 3.05) is 19.8 Å². The van der Waals surface area contributed by atoms with E-state index in [1.807, 2.05) is 32.9 Å². The molecule has 0 saturated heterocycles. The molecule has 1 aromatic carbocycles. The minimum atomic E-state index is -1.07. The molecule has 0 aliphatic rings. The van der Waals surface area contributed by atoms with Crippen LogP contribution in [0, 0.1) is 0 Å². The molecule has 0 aliphatic carbocycles. The molecule has 0 bridgehead atoms. The van der Waals surface area contributed by atoms with Crippen molar-refractivity contribution < 1.29 is 14.2 Å². The van der Waals surface area contributed by atoms with E-state index < -0.39 is 5.97 Å². The van der Waals surface area contributed by atoms with E-state index in [1.165, 1.54) is 18.4 Å². The van der Waals surface area contributed by atoms with Gasteiger partial charge in [-0.15, -0.1) is 0 Å². The van der Waals surface area contributed by atoms with Crippen LogP contribution in [0.5, 0.6) is 0 Å². The molecule has 0 fully saturated rings. The summed E-state index contributed by atoms with van der Waals surface area (Å²) in [6.07, 6.45) is 3.54. The maximum Gasteiger partial charge on any atom is 0.311 e. The average Bonchev–Trinajstić information content (AvgIpc) is 2.46. The smallest absolute Gasteiger partial charge is 0.311 e. The van der Waals surface area contributed by atoms with E-state index in [9.17, 15) is 0 Å². The quantitative estimate of drug-likeness (QED) is 0.600. The summed E-state index contributed by atoms with van der Waals surface area (Å²) in [5.74, 6) is -1.07. The molecule has 3 heteroatoms. The fraction of sp³-hybridized carbons (Fsp3) is 0.647. The highest BCUT2D eigenvalue weighted by molar-refractivity contribution is 5.25.